The van der Waals surface area contributed by atoms with Crippen molar-refractivity contribution in [3.05, 3.63) is 227 Å². The van der Waals surface area contributed by atoms with Gasteiger partial charge in [0.1, 0.15) is 53.6 Å². The minimum Gasteiger partial charge on any atom is -0.508 e. The number of ether oxygens (including phenoxy) is 6. The number of imide groups is 1. The van der Waals surface area contributed by atoms with Gasteiger partial charge in [0, 0.05) is 60.2 Å². The molecule has 8 aromatic carbocycles. The van der Waals surface area contributed by atoms with E-state index in [4.69, 9.17) is 28.4 Å². The van der Waals surface area contributed by atoms with Crippen molar-refractivity contribution in [3.63, 3.8) is 0 Å². The number of rotatable bonds is 13. The quantitative estimate of drug-likeness (QED) is 0.0461. The number of phenols is 3. The summed E-state index contributed by atoms with van der Waals surface area (Å²) in [6, 6.07) is 47.2. The van der Waals surface area contributed by atoms with Gasteiger partial charge in [-0.05, 0) is 473 Å². The summed E-state index contributed by atoms with van der Waals surface area (Å²) in [7, 11) is 6.67. The molecule has 21 heteroatoms. The lowest BCUT2D eigenvalue weighted by Crippen LogP contribution is -2.57. The largest absolute Gasteiger partial charge is 0.508 e. The molecule has 1 heterocycles. The van der Waals surface area contributed by atoms with Gasteiger partial charge in [0.2, 0.25) is 11.8 Å². The van der Waals surface area contributed by atoms with Crippen molar-refractivity contribution in [2.75, 3.05) is 28.4 Å². The zero-order chi connectivity index (χ0) is 104. The third-order valence-corrected chi connectivity index (χ3v) is 42.8. The van der Waals surface area contributed by atoms with E-state index in [0.29, 0.717) is 161 Å². The number of aliphatic carboxylic acids is 2. The lowest BCUT2D eigenvalue weighted by atomic mass is 9.52. The third-order valence-electron chi connectivity index (χ3n) is 41.9. The Hall–Kier alpha value is -10.6. The summed E-state index contributed by atoms with van der Waals surface area (Å²) in [5.74, 6) is 13.6. The lowest BCUT2D eigenvalue weighted by Gasteiger charge is -2.52. The second-order valence-corrected chi connectivity index (χ2v) is 49.8. The highest BCUT2D eigenvalue weighted by Crippen LogP contribution is 2.67. The van der Waals surface area contributed by atoms with E-state index in [1.54, 1.807) is 35.4 Å². The Labute approximate surface area is 886 Å². The van der Waals surface area contributed by atoms with Gasteiger partial charge in [-0.2, -0.15) is 0 Å². The second kappa shape index (κ2) is 41.9. The van der Waals surface area contributed by atoms with Crippen LogP contribution in [-0.4, -0.2) is 101 Å². The summed E-state index contributed by atoms with van der Waals surface area (Å²) >= 11 is 2.23. The Morgan fingerprint density at radius 1 is 0.351 bits per heavy atom. The topological polar surface area (TPSA) is 305 Å². The number of carbonyl (C=O) groups excluding carboxylic acids is 6. The molecule has 1 aliphatic heterocycles. The number of carboxylic acid groups (broad SMARTS) is 2. The summed E-state index contributed by atoms with van der Waals surface area (Å²) in [4.78, 5) is 97.6. The number of ketones is 4. The van der Waals surface area contributed by atoms with Gasteiger partial charge in [-0.3, -0.25) is 43.7 Å². The number of carboxylic acids is 2. The lowest BCUT2D eigenvalue weighted by molar-refractivity contribution is -0.159. The number of nitrogens with one attached hydrogen (secondary N) is 1. The number of carbonyl (C=O) groups is 8. The summed E-state index contributed by atoms with van der Waals surface area (Å²) in [5, 5.41) is 51.6. The fourth-order valence-electron chi connectivity index (χ4n) is 33.7. The van der Waals surface area contributed by atoms with E-state index in [9.17, 15) is 63.9 Å². The van der Waals surface area contributed by atoms with Crippen molar-refractivity contribution in [1.82, 2.24) is 5.32 Å². The minimum atomic E-state index is -1.01. The van der Waals surface area contributed by atoms with Gasteiger partial charge in [0.25, 0.3) is 0 Å². The van der Waals surface area contributed by atoms with E-state index in [1.807, 2.05) is 91.0 Å². The van der Waals surface area contributed by atoms with E-state index in [1.165, 1.54) is 86.0 Å². The standard InChI is InChI=1S/C26H30O6.C26H30O3.C20H25NO3.C19H24O3.C18H21IO2.C18H22O2/c1-26(25(29)30)11-10-18-19(21(26)14-24(27)28)9-8-17-12-23(22(31-2)13-20(17)18)32-15-16-6-4-3-5-7-16;1-26-13-12-19-20(22(26)10-11-25(26)27)9-8-18-14-24(23(28-2)15-21(18)19)29-16-17-6-4-3-5-7-17;1-11-8-12-4-5-14-13(15(12)9-17(11)24-3)6-7-20(2)16(14)10-18(22)21-19(20)23;1-19-8-7-12-13(15(19)5-6-18(19)21)4-3-11-9-16(20)17(22-2)10-14(11)12;1-18-7-6-11-12(14(18)4-5-17(18)21)3-2-10-8-16(20)15(19)9-13(10)11;1-18-9-8-14-13-5-3-12(19)10-11(13)2-4-15(14)16(18)6-7-17(18)20/h3-7,12-13,18-19,21H,8-11,14-15H2,1-2H3,(H,27,28)(H,29,30);3-7,14-15,19-20,22H,8-13,16H2,1-2H3;8-9,13-14,16H,4-7,10H2,1-3H3,(H,21,22,23);9-10,12-13,15,20H,3-8H2,1-2H3;8-9,11-12,14,20H,2-7H2,1H3;3,5,10,14-16,19H,2,4,6-9H2,1H3/t18?,19?,21-,26-;19?,20?,22?,26-;13?,14?,16?,20-;12?,13?,15?,19-;11?,12?,14?,18-;14?,15?,16?,18-/m000000/s1. The van der Waals surface area contributed by atoms with Crippen molar-refractivity contribution < 1.29 is 92.3 Å². The molecule has 20 nitrogen and oxygen atoms in total. The van der Waals surface area contributed by atoms with Crippen LogP contribution in [0.2, 0.25) is 0 Å². The number of aromatic hydroxyl groups is 3. The molecule has 16 aliphatic carbocycles. The average Bonchev–Trinajstić information content (AvgIpc) is 1.51. The first-order chi connectivity index (χ1) is 71.0. The first-order valence-electron chi connectivity index (χ1n) is 55.6. The van der Waals surface area contributed by atoms with Crippen molar-refractivity contribution in [2.45, 2.75) is 315 Å². The van der Waals surface area contributed by atoms with Crippen LogP contribution >= 0.6 is 22.6 Å². The molecule has 0 bridgehead atoms. The number of hydrogen-bond acceptors (Lipinski definition) is 17. The summed E-state index contributed by atoms with van der Waals surface area (Å²) in [5.41, 5.74) is 18.0. The predicted octanol–water partition coefficient (Wildman–Crippen LogP) is 25.8. The van der Waals surface area contributed by atoms with Crippen LogP contribution < -0.4 is 33.7 Å². The van der Waals surface area contributed by atoms with Crippen LogP contribution in [0.15, 0.2) is 140 Å². The molecule has 11 fully saturated rings. The normalized spacial score (nSPS) is 33.4. The number of amides is 2. The van der Waals surface area contributed by atoms with Crippen molar-refractivity contribution in [3.8, 4) is 51.7 Å². The summed E-state index contributed by atoms with van der Waals surface area (Å²) in [6.07, 6.45) is 32.1. The molecule has 148 heavy (non-hydrogen) atoms. The van der Waals surface area contributed by atoms with E-state index in [-0.39, 0.29) is 68.8 Å². The van der Waals surface area contributed by atoms with Crippen LogP contribution in [0.4, 0.5) is 0 Å². The van der Waals surface area contributed by atoms with Crippen molar-refractivity contribution in [2.24, 2.45) is 104 Å². The van der Waals surface area contributed by atoms with E-state index in [0.717, 1.165) is 217 Å². The third kappa shape index (κ3) is 19.1. The zero-order valence-electron chi connectivity index (χ0n) is 88.5. The smallest absolute Gasteiger partial charge is 0.309 e. The van der Waals surface area contributed by atoms with E-state index in [2.05, 4.69) is 118 Å². The molecule has 17 unspecified atom stereocenters. The fourth-order valence-corrected chi connectivity index (χ4v) is 34.2. The van der Waals surface area contributed by atoms with Gasteiger partial charge >= 0.3 is 11.9 Å². The molecule has 17 aliphatic rings. The first-order valence-corrected chi connectivity index (χ1v) is 56.7. The Kier molecular flexibility index (Phi) is 29.6. The van der Waals surface area contributed by atoms with Crippen LogP contribution in [0.5, 0.6) is 51.7 Å². The number of aryl methyl sites for hydroxylation is 7. The molecule has 2 amide bonds. The molecule has 0 aromatic heterocycles. The first kappa shape index (κ1) is 105. The maximum atomic E-state index is 12.5. The Balaban J connectivity index is 0.000000108. The molecule has 786 valence electrons. The van der Waals surface area contributed by atoms with E-state index >= 15 is 0 Å². The van der Waals surface area contributed by atoms with Crippen LogP contribution in [0.1, 0.15) is 340 Å². The van der Waals surface area contributed by atoms with Crippen molar-refractivity contribution >= 4 is 69.5 Å². The number of methoxy groups -OCH3 is 4. The second-order valence-electron chi connectivity index (χ2n) is 48.6. The van der Waals surface area contributed by atoms with Gasteiger partial charge in [-0.15, -0.1) is 0 Å². The molecule has 8 aromatic rings. The van der Waals surface area contributed by atoms with Crippen LogP contribution in [0.25, 0.3) is 0 Å². The number of halogens is 1. The van der Waals surface area contributed by atoms with Gasteiger partial charge in [0.15, 0.2) is 34.5 Å². The SMILES string of the molecule is COc1cc2c(cc1C)CCC1C2CC[C@]2(C)C(=O)NC(=O)CC12.COc1cc2c(cc1O)CCC1C2CC[C@]2(C)C(=O)CCC12.COc1cc2c(cc1OCc1ccccc1)CCC1C2CC[C@](C)(C(=O)O)[C@H]1CC(=O)O.COc1cc2c(cc1OCc1ccccc1)CCC1C2CC[C@]2(C)C(=O)CCC12.C[C@]12CCC3c4cc(I)c(O)cc4CCC3C1CCC2=O.C[C@]12CCC3c4ccc(O)cc4CCC3C1CCC2=O. The summed E-state index contributed by atoms with van der Waals surface area (Å²) < 4.78 is 35.4. The van der Waals surface area contributed by atoms with E-state index < -0.39 is 23.3 Å². The Morgan fingerprint density at radius 3 is 1.11 bits per heavy atom. The number of Topliss-reactive ketones (excluding diaryl/α,β-unsaturated/α-hetero) is 4. The monoisotopic (exact) mass is 2120 g/mol. The fraction of sp³-hybridized carbons (Fsp3) is 0.559. The number of phenolic OH excluding ortho intramolecular Hbond substituents is 3. The molecule has 25 rings (SSSR count). The maximum absolute atomic E-state index is 12.5. The molecule has 0 spiro atoms. The molecule has 6 N–H and O–H groups in total. The minimum absolute atomic E-state index is 0.0224. The van der Waals surface area contributed by atoms with Crippen molar-refractivity contribution in [1.29, 1.82) is 0 Å². The summed E-state index contributed by atoms with van der Waals surface area (Å²) in [6.45, 7) is 15.7. The highest BCUT2D eigenvalue weighted by Gasteiger charge is 2.62. The average molecular weight is 2120 g/mol. The van der Waals surface area contributed by atoms with Gasteiger partial charge in [-0.25, -0.2) is 0 Å². The van der Waals surface area contributed by atoms with Crippen LogP contribution in [-0.2, 0) is 90.1 Å². The number of hydrogen-bond donors (Lipinski definition) is 6. The van der Waals surface area contributed by atoms with Crippen LogP contribution in [0.3, 0.4) is 0 Å². The molecule has 24 atom stereocenters. The molecule has 0 radical (unpaired) electrons. The van der Waals surface area contributed by atoms with Gasteiger partial charge in [0.05, 0.1) is 42.8 Å². The maximum Gasteiger partial charge on any atom is 0.309 e. The van der Waals surface area contributed by atoms with Gasteiger partial charge in [-0.1, -0.05) is 107 Å². The Morgan fingerprint density at radius 2 is 0.696 bits per heavy atom. The number of piperidine rings is 1. The molecule has 10 saturated carbocycles. The molecule has 1 saturated heterocycles. The van der Waals surface area contributed by atoms with Gasteiger partial charge < -0.3 is 54.0 Å². The highest BCUT2D eigenvalue weighted by molar-refractivity contribution is 14.1. The Bertz CT molecular complexity index is 6450. The zero-order valence-corrected chi connectivity index (χ0v) is 90.6. The molecular weight excluding hydrogens is 1970 g/mol. The number of fused-ring (bicyclic) bond motifs is 28. The van der Waals surface area contributed by atoms with Crippen LogP contribution in [0, 0.1) is 114 Å². The number of benzene rings is 8. The highest BCUT2D eigenvalue weighted by atomic mass is 127. The predicted molar refractivity (Wildman–Crippen MR) is 576 cm³/mol. The molecular formula is C127H152INO19.